The molecule has 6 heteroatoms. The normalized spacial score (nSPS) is 13.1. The zero-order valence-corrected chi connectivity index (χ0v) is 34.3. The molecule has 6 nitrogen and oxygen atoms in total. The van der Waals surface area contributed by atoms with Crippen molar-refractivity contribution < 1.29 is 13.9 Å². The minimum absolute atomic E-state index is 0.521. The highest BCUT2D eigenvalue weighted by Gasteiger charge is 2.48. The van der Waals surface area contributed by atoms with Crippen molar-refractivity contribution in [3.63, 3.8) is 0 Å². The molecule has 1 aliphatic carbocycles. The molecule has 0 amide bonds. The molecule has 0 spiro atoms. The monoisotopic (exact) mass is 821 g/mol. The van der Waals surface area contributed by atoms with Crippen LogP contribution in [0, 0.1) is 0 Å². The molecule has 1 aliphatic heterocycles. The van der Waals surface area contributed by atoms with Crippen molar-refractivity contribution in [1.82, 2.24) is 15.0 Å². The maximum absolute atomic E-state index is 7.04. The first kappa shape index (κ1) is 36.1. The second-order valence-corrected chi connectivity index (χ2v) is 16.2. The third-order valence-corrected chi connectivity index (χ3v) is 12.7. The van der Waals surface area contributed by atoms with E-state index in [9.17, 15) is 0 Å². The fourth-order valence-electron chi connectivity index (χ4n) is 9.83. The lowest BCUT2D eigenvalue weighted by atomic mass is 9.68. The molecule has 0 bridgehead atoms. The first-order chi connectivity index (χ1) is 31.7. The van der Waals surface area contributed by atoms with Crippen LogP contribution < -0.4 is 9.47 Å². The molecule has 11 aromatic rings. The molecule has 2 aliphatic rings. The number of rotatable bonds is 6. The van der Waals surface area contributed by atoms with Gasteiger partial charge in [0.25, 0.3) is 0 Å². The number of hydrogen-bond acceptors (Lipinski definition) is 6. The van der Waals surface area contributed by atoms with Crippen LogP contribution in [0.2, 0.25) is 0 Å². The van der Waals surface area contributed by atoms with Gasteiger partial charge in [-0.3, -0.25) is 0 Å². The first-order valence-corrected chi connectivity index (χ1v) is 21.4. The number of fused-ring (bicyclic) bond motifs is 9. The van der Waals surface area contributed by atoms with E-state index in [1.54, 1.807) is 0 Å². The molecule has 0 N–H and O–H groups in total. The second kappa shape index (κ2) is 14.2. The van der Waals surface area contributed by atoms with Gasteiger partial charge >= 0.3 is 0 Å². The molecule has 0 saturated carbocycles. The fraction of sp³-hybridized carbons (Fsp3) is 0.0172. The number of furan rings is 1. The molecule has 0 unspecified atom stereocenters. The molecule has 9 aromatic carbocycles. The number of para-hydroxylation sites is 2. The van der Waals surface area contributed by atoms with Crippen LogP contribution >= 0.6 is 0 Å². The fourth-order valence-corrected chi connectivity index (χ4v) is 9.83. The Kier molecular flexibility index (Phi) is 8.02. The van der Waals surface area contributed by atoms with E-state index in [1.807, 2.05) is 72.8 Å². The summed E-state index contributed by atoms with van der Waals surface area (Å²) in [4.78, 5) is 15.2. The summed E-state index contributed by atoms with van der Waals surface area (Å²) in [5.41, 5.74) is 12.6. The van der Waals surface area contributed by atoms with Crippen LogP contribution in [0.5, 0.6) is 23.0 Å². The van der Waals surface area contributed by atoms with Crippen LogP contribution in [0.1, 0.15) is 22.3 Å². The summed E-state index contributed by atoms with van der Waals surface area (Å²) in [7, 11) is 0. The second-order valence-electron chi connectivity index (χ2n) is 16.2. The Morgan fingerprint density at radius 1 is 0.359 bits per heavy atom. The third kappa shape index (κ3) is 5.49. The van der Waals surface area contributed by atoms with E-state index in [0.29, 0.717) is 40.5 Å². The van der Waals surface area contributed by atoms with E-state index in [1.165, 1.54) is 16.7 Å². The van der Waals surface area contributed by atoms with Crippen molar-refractivity contribution in [2.24, 2.45) is 0 Å². The Labute approximate surface area is 368 Å². The summed E-state index contributed by atoms with van der Waals surface area (Å²) < 4.78 is 20.1. The molecular formula is C58H35N3O3. The molecule has 300 valence electrons. The van der Waals surface area contributed by atoms with Crippen molar-refractivity contribution in [3.05, 3.63) is 235 Å². The third-order valence-electron chi connectivity index (χ3n) is 12.7. The number of nitrogens with zero attached hydrogens (tertiary/aromatic N) is 3. The maximum Gasteiger partial charge on any atom is 0.178 e. The number of ether oxygens (including phenoxy) is 2. The van der Waals surface area contributed by atoms with E-state index in [2.05, 4.69) is 140 Å². The lowest BCUT2D eigenvalue weighted by Gasteiger charge is -2.34. The van der Waals surface area contributed by atoms with Gasteiger partial charge in [-0.05, 0) is 63.7 Å². The lowest BCUT2D eigenvalue weighted by Crippen LogP contribution is -2.28. The van der Waals surface area contributed by atoms with E-state index in [0.717, 1.165) is 66.4 Å². The van der Waals surface area contributed by atoms with Gasteiger partial charge in [0, 0.05) is 38.6 Å². The summed E-state index contributed by atoms with van der Waals surface area (Å²) >= 11 is 0. The zero-order chi connectivity index (χ0) is 42.2. The van der Waals surface area contributed by atoms with Crippen molar-refractivity contribution in [3.8, 4) is 79.4 Å². The topological polar surface area (TPSA) is 70.3 Å². The smallest absolute Gasteiger partial charge is 0.178 e. The predicted molar refractivity (Wildman–Crippen MR) is 253 cm³/mol. The molecule has 0 radical (unpaired) electrons. The maximum atomic E-state index is 7.04. The van der Waals surface area contributed by atoms with Crippen LogP contribution in [0.4, 0.5) is 0 Å². The Balaban J connectivity index is 0.913. The lowest BCUT2D eigenvalue weighted by molar-refractivity contribution is 0.360. The van der Waals surface area contributed by atoms with Gasteiger partial charge in [0.2, 0.25) is 0 Å². The highest BCUT2D eigenvalue weighted by molar-refractivity contribution is 6.09. The molecule has 0 fully saturated rings. The van der Waals surface area contributed by atoms with Gasteiger partial charge in [-0.25, -0.2) is 15.0 Å². The molecule has 3 heterocycles. The molecule has 13 rings (SSSR count). The van der Waals surface area contributed by atoms with Gasteiger partial charge in [-0.1, -0.05) is 182 Å². The summed E-state index contributed by atoms with van der Waals surface area (Å²) in [6.07, 6.45) is 0. The average Bonchev–Trinajstić information content (AvgIpc) is 3.91. The first-order valence-electron chi connectivity index (χ1n) is 21.4. The van der Waals surface area contributed by atoms with Crippen LogP contribution in [-0.2, 0) is 5.41 Å². The molecular weight excluding hydrogens is 787 g/mol. The number of hydrogen-bond donors (Lipinski definition) is 0. The van der Waals surface area contributed by atoms with Gasteiger partial charge < -0.3 is 13.9 Å². The van der Waals surface area contributed by atoms with Crippen molar-refractivity contribution in [2.45, 2.75) is 5.41 Å². The van der Waals surface area contributed by atoms with Crippen LogP contribution in [0.3, 0.4) is 0 Å². The SMILES string of the molecule is c1ccc(-c2nc(-c3ccc(-c4cccc5c4oc4ccccc45)cc3)nc(-c3ccc4c(c3)Oc3c(ccc5c3-c3ccccc3C5(c3ccccc3)c3ccccc3)O4)n2)cc1. The Morgan fingerprint density at radius 3 is 1.67 bits per heavy atom. The summed E-state index contributed by atoms with van der Waals surface area (Å²) in [6.45, 7) is 0. The zero-order valence-electron chi connectivity index (χ0n) is 34.3. The van der Waals surface area contributed by atoms with E-state index in [4.69, 9.17) is 28.8 Å². The highest BCUT2D eigenvalue weighted by atomic mass is 16.6. The van der Waals surface area contributed by atoms with Gasteiger partial charge in [0.05, 0.1) is 5.41 Å². The van der Waals surface area contributed by atoms with Crippen molar-refractivity contribution in [1.29, 1.82) is 0 Å². The average molecular weight is 822 g/mol. The highest BCUT2D eigenvalue weighted by Crippen LogP contribution is 2.62. The van der Waals surface area contributed by atoms with Crippen molar-refractivity contribution in [2.75, 3.05) is 0 Å². The number of aromatic nitrogens is 3. The summed E-state index contributed by atoms with van der Waals surface area (Å²) in [6, 6.07) is 73.1. The number of benzene rings is 9. The quantitative estimate of drug-likeness (QED) is 0.166. The summed E-state index contributed by atoms with van der Waals surface area (Å²) in [5, 5.41) is 2.20. The van der Waals surface area contributed by atoms with E-state index in [-0.39, 0.29) is 0 Å². The largest absolute Gasteiger partial charge is 0.455 e. The summed E-state index contributed by atoms with van der Waals surface area (Å²) in [5.74, 6) is 4.21. The van der Waals surface area contributed by atoms with Gasteiger partial charge in [0.1, 0.15) is 11.2 Å². The molecule has 0 atom stereocenters. The predicted octanol–water partition coefficient (Wildman–Crippen LogP) is 14.7. The van der Waals surface area contributed by atoms with E-state index >= 15 is 0 Å². The van der Waals surface area contributed by atoms with Crippen molar-refractivity contribution >= 4 is 21.9 Å². The Morgan fingerprint density at radius 2 is 0.922 bits per heavy atom. The minimum atomic E-state index is -0.566. The Hall–Kier alpha value is -8.61. The van der Waals surface area contributed by atoms with Crippen LogP contribution in [0.15, 0.2) is 217 Å². The van der Waals surface area contributed by atoms with Crippen LogP contribution in [-0.4, -0.2) is 15.0 Å². The van der Waals surface area contributed by atoms with Crippen LogP contribution in [0.25, 0.3) is 78.4 Å². The molecule has 2 aromatic heterocycles. The molecule has 64 heavy (non-hydrogen) atoms. The van der Waals surface area contributed by atoms with Gasteiger partial charge in [-0.2, -0.15) is 0 Å². The van der Waals surface area contributed by atoms with E-state index < -0.39 is 5.41 Å². The Bertz CT molecular complexity index is 3570. The standard InChI is InChI=1S/C58H35N3O3/c1-4-15-37(16-5-1)55-59-56(38-29-27-36(28-30-38)42-23-14-24-44-43-21-11-13-26-48(43)63-53(42)44)61-57(60-55)39-31-33-49-51(35-39)64-54-50(62-49)34-32-47-52(54)45-22-10-12-25-46(45)58(47,40-17-6-2-7-18-40)41-19-8-3-9-20-41/h1-35H. The molecule has 0 saturated heterocycles. The minimum Gasteiger partial charge on any atom is -0.455 e. The van der Waals surface area contributed by atoms with Gasteiger partial charge in [-0.15, -0.1) is 0 Å². The van der Waals surface area contributed by atoms with Gasteiger partial charge in [0.15, 0.2) is 40.5 Å².